The Hall–Kier alpha value is -2.49. The number of benzene rings is 1. The fourth-order valence-corrected chi connectivity index (χ4v) is 3.22. The molecular weight excluding hydrogens is 403 g/mol. The molecule has 0 bridgehead atoms. The molecule has 1 aliphatic heterocycles. The Morgan fingerprint density at radius 3 is 2.77 bits per heavy atom. The topological polar surface area (TPSA) is 83.4 Å². The highest BCUT2D eigenvalue weighted by atomic mass is 19.4. The molecular formula is C20H28F3N3O4. The first-order chi connectivity index (χ1) is 14.2. The van der Waals surface area contributed by atoms with Gasteiger partial charge in [-0.2, -0.15) is 13.2 Å². The SMILES string of the molecule is CCNC(=NCC(O)COc1cccc(C(F)(F)F)c1)N1CC(C)C(C(=O)OC)C1. The summed E-state index contributed by atoms with van der Waals surface area (Å²) >= 11 is 0. The normalized spacial score (nSPS) is 20.8. The average Bonchev–Trinajstić information content (AvgIpc) is 3.10. The Balaban J connectivity index is 1.94. The molecule has 30 heavy (non-hydrogen) atoms. The number of hydrogen-bond acceptors (Lipinski definition) is 5. The summed E-state index contributed by atoms with van der Waals surface area (Å²) in [7, 11) is 1.36. The number of nitrogens with one attached hydrogen (secondary N) is 1. The maximum atomic E-state index is 12.8. The van der Waals surface area contributed by atoms with Crippen LogP contribution in [0.25, 0.3) is 0 Å². The number of guanidine groups is 1. The third-order valence-electron chi connectivity index (χ3n) is 4.81. The van der Waals surface area contributed by atoms with Crippen LogP contribution in [0.1, 0.15) is 19.4 Å². The molecule has 10 heteroatoms. The number of rotatable bonds is 7. The smallest absolute Gasteiger partial charge is 0.416 e. The second-order valence-corrected chi connectivity index (χ2v) is 7.20. The van der Waals surface area contributed by atoms with Gasteiger partial charge in [0.1, 0.15) is 18.5 Å². The summed E-state index contributed by atoms with van der Waals surface area (Å²) in [6, 6.07) is 4.49. The zero-order valence-corrected chi connectivity index (χ0v) is 17.3. The van der Waals surface area contributed by atoms with Crippen molar-refractivity contribution in [3.63, 3.8) is 0 Å². The van der Waals surface area contributed by atoms with E-state index in [0.29, 0.717) is 25.6 Å². The van der Waals surface area contributed by atoms with Gasteiger partial charge in [0.25, 0.3) is 0 Å². The molecule has 2 N–H and O–H groups in total. The molecule has 1 aromatic rings. The van der Waals surface area contributed by atoms with Gasteiger partial charge in [-0.1, -0.05) is 13.0 Å². The second kappa shape index (κ2) is 10.5. The molecule has 1 fully saturated rings. The fraction of sp³-hybridized carbons (Fsp3) is 0.600. The molecule has 2 rings (SSSR count). The highest BCUT2D eigenvalue weighted by molar-refractivity contribution is 5.82. The first-order valence-corrected chi connectivity index (χ1v) is 9.74. The lowest BCUT2D eigenvalue weighted by Crippen LogP contribution is -2.41. The van der Waals surface area contributed by atoms with Gasteiger partial charge in [0.15, 0.2) is 5.96 Å². The van der Waals surface area contributed by atoms with Gasteiger partial charge in [-0.15, -0.1) is 0 Å². The standard InChI is InChI=1S/C20H28F3N3O4/c1-4-24-19(26-10-13(2)17(11-26)18(28)29-3)25-9-15(27)12-30-16-7-5-6-14(8-16)20(21,22)23/h5-8,13,15,17,27H,4,9-12H2,1-3H3,(H,24,25). The lowest BCUT2D eigenvalue weighted by Gasteiger charge is -2.22. The number of hydrogen-bond donors (Lipinski definition) is 2. The van der Waals surface area contributed by atoms with Crippen LogP contribution in [0.15, 0.2) is 29.3 Å². The lowest BCUT2D eigenvalue weighted by atomic mass is 9.99. The Labute approximate surface area is 173 Å². The van der Waals surface area contributed by atoms with E-state index in [1.54, 1.807) is 0 Å². The number of methoxy groups -OCH3 is 1. The summed E-state index contributed by atoms with van der Waals surface area (Å²) < 4.78 is 48.4. The van der Waals surface area contributed by atoms with Gasteiger partial charge < -0.3 is 24.8 Å². The number of halogens is 3. The van der Waals surface area contributed by atoms with E-state index < -0.39 is 17.8 Å². The van der Waals surface area contributed by atoms with E-state index in [0.717, 1.165) is 12.1 Å². The lowest BCUT2D eigenvalue weighted by molar-refractivity contribution is -0.146. The Bertz CT molecular complexity index is 742. The third kappa shape index (κ3) is 6.51. The van der Waals surface area contributed by atoms with Crippen molar-refractivity contribution in [2.45, 2.75) is 26.1 Å². The molecule has 0 aliphatic carbocycles. The molecule has 0 amide bonds. The van der Waals surface area contributed by atoms with Gasteiger partial charge in [-0.3, -0.25) is 9.79 Å². The predicted octanol–water partition coefficient (Wildman–Crippen LogP) is 2.15. The first-order valence-electron chi connectivity index (χ1n) is 9.74. The molecule has 3 atom stereocenters. The van der Waals surface area contributed by atoms with Crippen molar-refractivity contribution in [2.75, 3.05) is 39.9 Å². The number of aliphatic hydroxyl groups is 1. The minimum atomic E-state index is -4.46. The maximum absolute atomic E-state index is 12.8. The van der Waals surface area contributed by atoms with Crippen molar-refractivity contribution in [2.24, 2.45) is 16.8 Å². The zero-order valence-electron chi connectivity index (χ0n) is 17.3. The van der Waals surface area contributed by atoms with Gasteiger partial charge in [-0.25, -0.2) is 0 Å². The van der Waals surface area contributed by atoms with Crippen LogP contribution in [0.4, 0.5) is 13.2 Å². The quantitative estimate of drug-likeness (QED) is 0.391. The van der Waals surface area contributed by atoms with E-state index in [1.165, 1.54) is 19.2 Å². The number of carbonyl (C=O) groups excluding carboxylic acids is 1. The van der Waals surface area contributed by atoms with Crippen molar-refractivity contribution < 1.29 is 32.5 Å². The molecule has 0 aromatic heterocycles. The number of aliphatic imine (C=N–C) groups is 1. The molecule has 7 nitrogen and oxygen atoms in total. The van der Waals surface area contributed by atoms with Gasteiger partial charge >= 0.3 is 12.1 Å². The van der Waals surface area contributed by atoms with E-state index in [1.807, 2.05) is 18.7 Å². The maximum Gasteiger partial charge on any atom is 0.416 e. The molecule has 168 valence electrons. The van der Waals surface area contributed by atoms with E-state index in [9.17, 15) is 23.1 Å². The van der Waals surface area contributed by atoms with E-state index >= 15 is 0 Å². The number of carbonyl (C=O) groups is 1. The summed E-state index contributed by atoms with van der Waals surface area (Å²) in [4.78, 5) is 18.2. The van der Waals surface area contributed by atoms with Gasteiger partial charge in [-0.05, 0) is 31.0 Å². The van der Waals surface area contributed by atoms with E-state index in [2.05, 4.69) is 10.3 Å². The van der Waals surface area contributed by atoms with Crippen LogP contribution >= 0.6 is 0 Å². The summed E-state index contributed by atoms with van der Waals surface area (Å²) in [5.74, 6) is 0.141. The minimum absolute atomic E-state index is 0.00489. The van der Waals surface area contributed by atoms with Crippen LogP contribution in [0, 0.1) is 11.8 Å². The van der Waals surface area contributed by atoms with Crippen molar-refractivity contribution in [3.05, 3.63) is 29.8 Å². The highest BCUT2D eigenvalue weighted by Gasteiger charge is 2.37. The zero-order chi connectivity index (χ0) is 22.3. The van der Waals surface area contributed by atoms with Crippen LogP contribution in [0.3, 0.4) is 0 Å². The summed E-state index contributed by atoms with van der Waals surface area (Å²) in [5, 5.41) is 13.3. The predicted molar refractivity (Wildman–Crippen MR) is 105 cm³/mol. The molecule has 1 saturated heterocycles. The number of esters is 1. The van der Waals surface area contributed by atoms with Crippen LogP contribution in [0.2, 0.25) is 0 Å². The molecule has 1 aromatic carbocycles. The van der Waals surface area contributed by atoms with Crippen LogP contribution in [-0.2, 0) is 15.7 Å². The van der Waals surface area contributed by atoms with Crippen molar-refractivity contribution in [3.8, 4) is 5.75 Å². The minimum Gasteiger partial charge on any atom is -0.491 e. The molecule has 0 radical (unpaired) electrons. The molecule has 0 spiro atoms. The Kier molecular flexibility index (Phi) is 8.33. The second-order valence-electron chi connectivity index (χ2n) is 7.20. The van der Waals surface area contributed by atoms with Crippen molar-refractivity contribution in [1.82, 2.24) is 10.2 Å². The van der Waals surface area contributed by atoms with E-state index in [4.69, 9.17) is 9.47 Å². The number of alkyl halides is 3. The number of likely N-dealkylation sites (tertiary alicyclic amines) is 1. The summed E-state index contributed by atoms with van der Waals surface area (Å²) in [5.41, 5.74) is -0.815. The van der Waals surface area contributed by atoms with Gasteiger partial charge in [0, 0.05) is 19.6 Å². The Morgan fingerprint density at radius 1 is 1.40 bits per heavy atom. The van der Waals surface area contributed by atoms with Gasteiger partial charge in [0.2, 0.25) is 0 Å². The number of ether oxygens (including phenoxy) is 2. The monoisotopic (exact) mass is 431 g/mol. The van der Waals surface area contributed by atoms with Crippen molar-refractivity contribution >= 4 is 11.9 Å². The number of nitrogens with zero attached hydrogens (tertiary/aromatic N) is 2. The highest BCUT2D eigenvalue weighted by Crippen LogP contribution is 2.31. The third-order valence-corrected chi connectivity index (χ3v) is 4.81. The molecule has 0 saturated carbocycles. The molecule has 1 aliphatic rings. The molecule has 1 heterocycles. The van der Waals surface area contributed by atoms with Crippen LogP contribution < -0.4 is 10.1 Å². The largest absolute Gasteiger partial charge is 0.491 e. The fourth-order valence-electron chi connectivity index (χ4n) is 3.22. The average molecular weight is 431 g/mol. The Morgan fingerprint density at radius 2 is 2.13 bits per heavy atom. The number of aliphatic hydroxyl groups excluding tert-OH is 1. The van der Waals surface area contributed by atoms with Crippen molar-refractivity contribution in [1.29, 1.82) is 0 Å². The summed E-state index contributed by atoms with van der Waals surface area (Å²) in [6.07, 6.45) is -5.47. The summed E-state index contributed by atoms with van der Waals surface area (Å²) in [6.45, 7) is 5.33. The van der Waals surface area contributed by atoms with Gasteiger partial charge in [0.05, 0.1) is 25.1 Å². The molecule has 3 unspecified atom stereocenters. The van der Waals surface area contributed by atoms with Crippen LogP contribution in [0.5, 0.6) is 5.75 Å². The van der Waals surface area contributed by atoms with E-state index in [-0.39, 0.29) is 36.7 Å². The van der Waals surface area contributed by atoms with Crippen LogP contribution in [-0.4, -0.2) is 67.9 Å². The first kappa shape index (κ1) is 23.8.